The molecule has 0 saturated carbocycles. The number of nitrogens with zero attached hydrogens (tertiary/aromatic N) is 4. The first kappa shape index (κ1) is 30.7. The van der Waals surface area contributed by atoms with Gasteiger partial charge in [-0.1, -0.05) is 41.9 Å². The molecule has 0 aliphatic heterocycles. The number of benzene rings is 3. The van der Waals surface area contributed by atoms with Crippen LogP contribution < -0.4 is 21.3 Å². The predicted molar refractivity (Wildman–Crippen MR) is 164 cm³/mol. The number of carbonyl (C=O) groups excluding carboxylic acids is 3. The molecule has 0 aliphatic carbocycles. The fourth-order valence-electron chi connectivity index (χ4n) is 4.09. The van der Waals surface area contributed by atoms with E-state index in [4.69, 9.17) is 11.6 Å². The zero-order valence-electron chi connectivity index (χ0n) is 23.4. The Bertz CT molecular complexity index is 1530. The zero-order valence-corrected chi connectivity index (χ0v) is 24.1. The SMILES string of the molecule is COC(=O)CCNC(=O)Nc1ccc(NCC(Cc2ccccc2)NC(=O)C=Cc2cc(Cl)ccc2-n2cnnn2)cc1. The summed E-state index contributed by atoms with van der Waals surface area (Å²) in [6.45, 7) is 0.615. The highest BCUT2D eigenvalue weighted by atomic mass is 35.5. The van der Waals surface area contributed by atoms with E-state index in [1.807, 2.05) is 42.5 Å². The molecule has 4 N–H and O–H groups in total. The predicted octanol–water partition coefficient (Wildman–Crippen LogP) is 3.85. The van der Waals surface area contributed by atoms with Gasteiger partial charge in [-0.2, -0.15) is 4.68 Å². The van der Waals surface area contributed by atoms with Crippen molar-refractivity contribution >= 4 is 47.0 Å². The standard InChI is InChI=1S/C30H31ClN8O4/c1-43-29(41)15-16-32-30(42)36-25-11-9-24(10-12-25)33-19-26(17-21-5-3-2-4-6-21)35-28(40)14-7-22-18-23(31)8-13-27(22)39-20-34-37-38-39/h2-14,18,20,26,33H,15-17,19H2,1H3,(H,35,40)(H2,32,36,42). The minimum absolute atomic E-state index is 0.0889. The second-order valence-electron chi connectivity index (χ2n) is 9.35. The average Bonchev–Trinajstić information content (AvgIpc) is 3.55. The van der Waals surface area contributed by atoms with Gasteiger partial charge in [-0.25, -0.2) is 4.79 Å². The van der Waals surface area contributed by atoms with Crippen LogP contribution in [0.2, 0.25) is 5.02 Å². The van der Waals surface area contributed by atoms with Gasteiger partial charge in [0.2, 0.25) is 5.91 Å². The van der Waals surface area contributed by atoms with Gasteiger partial charge >= 0.3 is 12.0 Å². The Morgan fingerprint density at radius 2 is 1.79 bits per heavy atom. The van der Waals surface area contributed by atoms with Crippen molar-refractivity contribution < 1.29 is 19.1 Å². The van der Waals surface area contributed by atoms with Gasteiger partial charge in [0.25, 0.3) is 0 Å². The summed E-state index contributed by atoms with van der Waals surface area (Å²) in [5.74, 6) is -0.673. The highest BCUT2D eigenvalue weighted by molar-refractivity contribution is 6.30. The van der Waals surface area contributed by atoms with Crippen LogP contribution in [0.15, 0.2) is 85.2 Å². The zero-order chi connectivity index (χ0) is 30.4. The maximum absolute atomic E-state index is 13.0. The lowest BCUT2D eigenvalue weighted by Crippen LogP contribution is -2.40. The van der Waals surface area contributed by atoms with Gasteiger partial charge in [-0.3, -0.25) is 9.59 Å². The summed E-state index contributed by atoms with van der Waals surface area (Å²) in [5.41, 5.74) is 3.83. The monoisotopic (exact) mass is 602 g/mol. The molecule has 222 valence electrons. The van der Waals surface area contributed by atoms with E-state index in [0.717, 1.165) is 11.3 Å². The highest BCUT2D eigenvalue weighted by Gasteiger charge is 2.13. The second-order valence-corrected chi connectivity index (χ2v) is 9.79. The summed E-state index contributed by atoms with van der Waals surface area (Å²) in [5, 5.41) is 23.5. The number of carbonyl (C=O) groups is 3. The van der Waals surface area contributed by atoms with Gasteiger partial charge < -0.3 is 26.0 Å². The molecule has 0 saturated heterocycles. The Hall–Kier alpha value is -5.23. The van der Waals surface area contributed by atoms with Gasteiger partial charge in [-0.15, -0.1) is 5.10 Å². The van der Waals surface area contributed by atoms with Gasteiger partial charge in [0.05, 0.1) is 25.3 Å². The molecule has 1 unspecified atom stereocenters. The summed E-state index contributed by atoms with van der Waals surface area (Å²) in [4.78, 5) is 36.2. The molecule has 1 atom stereocenters. The van der Waals surface area contributed by atoms with Crippen molar-refractivity contribution in [2.75, 3.05) is 30.8 Å². The summed E-state index contributed by atoms with van der Waals surface area (Å²) >= 11 is 6.19. The molecule has 12 nitrogen and oxygen atoms in total. The number of anilines is 2. The van der Waals surface area contributed by atoms with Crippen molar-refractivity contribution in [1.29, 1.82) is 0 Å². The fourth-order valence-corrected chi connectivity index (χ4v) is 4.28. The highest BCUT2D eigenvalue weighted by Crippen LogP contribution is 2.20. The van der Waals surface area contributed by atoms with Gasteiger partial charge in [-0.05, 0) is 71.0 Å². The molecule has 4 rings (SSSR count). The van der Waals surface area contributed by atoms with Crippen molar-refractivity contribution in [1.82, 2.24) is 30.8 Å². The number of ether oxygens (including phenoxy) is 1. The maximum atomic E-state index is 13.0. The third kappa shape index (κ3) is 9.97. The number of hydrogen-bond donors (Lipinski definition) is 4. The van der Waals surface area contributed by atoms with E-state index in [-0.39, 0.29) is 24.9 Å². The molecular formula is C30H31ClN8O4. The molecular weight excluding hydrogens is 572 g/mol. The van der Waals surface area contributed by atoms with Crippen molar-refractivity contribution in [3.63, 3.8) is 0 Å². The van der Waals surface area contributed by atoms with Crippen LogP contribution in [0.25, 0.3) is 11.8 Å². The van der Waals surface area contributed by atoms with E-state index in [9.17, 15) is 14.4 Å². The van der Waals surface area contributed by atoms with Crippen LogP contribution in [0.1, 0.15) is 17.5 Å². The third-order valence-corrected chi connectivity index (χ3v) is 6.44. The number of urea groups is 1. The Labute approximate surface area is 253 Å². The normalized spacial score (nSPS) is 11.5. The molecule has 43 heavy (non-hydrogen) atoms. The Morgan fingerprint density at radius 3 is 2.51 bits per heavy atom. The molecule has 13 heteroatoms. The Balaban J connectivity index is 1.36. The molecule has 4 aromatic rings. The van der Waals surface area contributed by atoms with Crippen molar-refractivity contribution in [3.8, 4) is 5.69 Å². The van der Waals surface area contributed by atoms with Gasteiger partial charge in [0.1, 0.15) is 6.33 Å². The minimum Gasteiger partial charge on any atom is -0.469 e. The third-order valence-electron chi connectivity index (χ3n) is 6.21. The number of amides is 3. The smallest absolute Gasteiger partial charge is 0.319 e. The van der Waals surface area contributed by atoms with Crippen molar-refractivity contribution in [2.24, 2.45) is 0 Å². The van der Waals surface area contributed by atoms with Gasteiger partial charge in [0.15, 0.2) is 0 Å². The number of halogens is 1. The molecule has 0 bridgehead atoms. The number of aromatic nitrogens is 4. The van der Waals surface area contributed by atoms with E-state index >= 15 is 0 Å². The number of hydrogen-bond acceptors (Lipinski definition) is 8. The first-order valence-corrected chi connectivity index (χ1v) is 13.8. The van der Waals surface area contributed by atoms with E-state index < -0.39 is 12.0 Å². The Morgan fingerprint density at radius 1 is 1.02 bits per heavy atom. The van der Waals surface area contributed by atoms with Crippen LogP contribution in [0.4, 0.5) is 16.2 Å². The largest absolute Gasteiger partial charge is 0.469 e. The molecule has 0 spiro atoms. The fraction of sp³-hybridized carbons (Fsp3) is 0.200. The lowest BCUT2D eigenvalue weighted by molar-refractivity contribution is -0.140. The molecule has 0 radical (unpaired) electrons. The van der Waals surface area contributed by atoms with Crippen LogP contribution in [0, 0.1) is 0 Å². The van der Waals surface area contributed by atoms with E-state index in [0.29, 0.717) is 34.9 Å². The number of rotatable bonds is 13. The van der Waals surface area contributed by atoms with E-state index in [2.05, 4.69) is 41.5 Å². The number of tetrazole rings is 1. The molecule has 0 fully saturated rings. The average molecular weight is 603 g/mol. The van der Waals surface area contributed by atoms with Gasteiger partial charge in [0, 0.05) is 41.1 Å². The quantitative estimate of drug-likeness (QED) is 0.133. The molecule has 1 aromatic heterocycles. The summed E-state index contributed by atoms with van der Waals surface area (Å²) in [6.07, 6.45) is 5.28. The van der Waals surface area contributed by atoms with Crippen LogP contribution in [-0.4, -0.2) is 64.4 Å². The van der Waals surface area contributed by atoms with E-state index in [1.54, 1.807) is 36.4 Å². The summed E-state index contributed by atoms with van der Waals surface area (Å²) in [7, 11) is 1.30. The topological polar surface area (TPSA) is 152 Å². The van der Waals surface area contributed by atoms with Crippen LogP contribution >= 0.6 is 11.6 Å². The number of nitrogens with one attached hydrogen (secondary N) is 4. The van der Waals surface area contributed by atoms with Crippen LogP contribution in [0.5, 0.6) is 0 Å². The number of esters is 1. The first-order chi connectivity index (χ1) is 20.9. The maximum Gasteiger partial charge on any atom is 0.319 e. The lowest BCUT2D eigenvalue weighted by Gasteiger charge is -2.20. The van der Waals surface area contributed by atoms with Crippen molar-refractivity contribution in [3.05, 3.63) is 101 Å². The Kier molecular flexibility index (Phi) is 11.2. The second kappa shape index (κ2) is 15.7. The van der Waals surface area contributed by atoms with Crippen molar-refractivity contribution in [2.45, 2.75) is 18.9 Å². The molecule has 1 heterocycles. The first-order valence-electron chi connectivity index (χ1n) is 13.4. The summed E-state index contributed by atoms with van der Waals surface area (Å²) < 4.78 is 6.05. The minimum atomic E-state index is -0.425. The lowest BCUT2D eigenvalue weighted by atomic mass is 10.1. The molecule has 3 amide bonds. The number of methoxy groups -OCH3 is 1. The molecule has 3 aromatic carbocycles. The van der Waals surface area contributed by atoms with Crippen LogP contribution in [-0.2, 0) is 20.7 Å². The van der Waals surface area contributed by atoms with Crippen LogP contribution in [0.3, 0.4) is 0 Å². The molecule has 0 aliphatic rings. The summed E-state index contributed by atoms with van der Waals surface area (Å²) in [6, 6.07) is 21.6. The van der Waals surface area contributed by atoms with E-state index in [1.165, 1.54) is 24.2 Å².